The van der Waals surface area contributed by atoms with Gasteiger partial charge in [-0.1, -0.05) is 72.8 Å². The van der Waals surface area contributed by atoms with Crippen LogP contribution in [-0.4, -0.2) is 33.9 Å². The molecule has 0 saturated heterocycles. The third-order valence-electron chi connectivity index (χ3n) is 5.06. The number of Topliss-reactive ketones (excluding diaryl/α,β-unsaturated/α-hetero) is 1. The first kappa shape index (κ1) is 22.7. The predicted molar refractivity (Wildman–Crippen MR) is 125 cm³/mol. The first-order chi connectivity index (χ1) is 16.6. The molecule has 0 unspecified atom stereocenters. The van der Waals surface area contributed by atoms with Gasteiger partial charge in [-0.25, -0.2) is 14.6 Å². The number of nitrogens with one attached hydrogen (secondary N) is 2. The van der Waals surface area contributed by atoms with E-state index in [2.05, 4.69) is 15.3 Å². The second-order valence-corrected chi connectivity index (χ2v) is 7.58. The Morgan fingerprint density at radius 1 is 0.794 bits per heavy atom. The van der Waals surface area contributed by atoms with Gasteiger partial charge in [0.1, 0.15) is 19.3 Å². The number of fused-ring (bicyclic) bond motifs is 1. The van der Waals surface area contributed by atoms with Crippen LogP contribution in [0.1, 0.15) is 28.2 Å². The molecule has 0 aliphatic rings. The summed E-state index contributed by atoms with van der Waals surface area (Å²) >= 11 is 0. The van der Waals surface area contributed by atoms with E-state index in [4.69, 9.17) is 9.47 Å². The van der Waals surface area contributed by atoms with Gasteiger partial charge in [0.15, 0.2) is 5.82 Å². The number of hydrogen-bond acceptors (Lipinski definition) is 6. The van der Waals surface area contributed by atoms with Crippen LogP contribution >= 0.6 is 0 Å². The van der Waals surface area contributed by atoms with Crippen LogP contribution in [-0.2, 0) is 27.5 Å². The van der Waals surface area contributed by atoms with Crippen LogP contribution in [0.4, 0.5) is 4.79 Å². The van der Waals surface area contributed by atoms with E-state index in [1.807, 2.05) is 72.8 Å². The molecule has 1 atom stereocenters. The molecule has 0 radical (unpaired) electrons. The van der Waals surface area contributed by atoms with Crippen LogP contribution in [0.3, 0.4) is 0 Å². The topological polar surface area (TPSA) is 110 Å². The quantitative estimate of drug-likeness (QED) is 0.288. The van der Waals surface area contributed by atoms with Gasteiger partial charge >= 0.3 is 12.1 Å². The molecule has 0 bridgehead atoms. The fourth-order valence-corrected chi connectivity index (χ4v) is 3.30. The number of benzene rings is 3. The largest absolute Gasteiger partial charge is 0.459 e. The number of esters is 1. The Morgan fingerprint density at radius 2 is 1.38 bits per heavy atom. The Bertz CT molecular complexity index is 1240. The van der Waals surface area contributed by atoms with Gasteiger partial charge < -0.3 is 19.8 Å². The number of para-hydroxylation sites is 2. The summed E-state index contributed by atoms with van der Waals surface area (Å²) in [5.41, 5.74) is 2.90. The number of imidazole rings is 1. The first-order valence-corrected chi connectivity index (χ1v) is 10.7. The van der Waals surface area contributed by atoms with Gasteiger partial charge in [0.05, 0.1) is 11.0 Å². The second-order valence-electron chi connectivity index (χ2n) is 7.58. The third-order valence-corrected chi connectivity index (χ3v) is 5.06. The van der Waals surface area contributed by atoms with Gasteiger partial charge in [-0.3, -0.25) is 4.79 Å². The number of amides is 1. The average molecular weight is 457 g/mol. The number of alkyl carbamates (subject to hydrolysis) is 1. The number of H-pyrrole nitrogens is 1. The first-order valence-electron chi connectivity index (χ1n) is 10.7. The fourth-order valence-electron chi connectivity index (χ4n) is 3.30. The lowest BCUT2D eigenvalue weighted by Gasteiger charge is -2.17. The Labute approximate surface area is 195 Å². The molecule has 172 valence electrons. The summed E-state index contributed by atoms with van der Waals surface area (Å²) in [5.74, 6) is -1.09. The molecule has 3 aromatic carbocycles. The van der Waals surface area contributed by atoms with Gasteiger partial charge in [0.2, 0.25) is 5.78 Å². The molecule has 1 aromatic heterocycles. The summed E-state index contributed by atoms with van der Waals surface area (Å²) < 4.78 is 10.6. The smallest absolute Gasteiger partial charge is 0.408 e. The van der Waals surface area contributed by atoms with E-state index in [9.17, 15) is 14.4 Å². The molecular formula is C26H23N3O5. The Hall–Kier alpha value is -4.46. The molecular weight excluding hydrogens is 434 g/mol. The van der Waals surface area contributed by atoms with Crippen molar-refractivity contribution in [3.05, 3.63) is 102 Å². The highest BCUT2D eigenvalue weighted by Crippen LogP contribution is 2.13. The lowest BCUT2D eigenvalue weighted by Crippen LogP contribution is -2.43. The van der Waals surface area contributed by atoms with E-state index in [1.54, 1.807) is 12.1 Å². The molecule has 0 saturated carbocycles. The van der Waals surface area contributed by atoms with E-state index in [-0.39, 0.29) is 25.5 Å². The van der Waals surface area contributed by atoms with Crippen LogP contribution < -0.4 is 5.32 Å². The summed E-state index contributed by atoms with van der Waals surface area (Å²) in [4.78, 5) is 45.3. The zero-order valence-electron chi connectivity index (χ0n) is 18.3. The van der Waals surface area contributed by atoms with Crippen molar-refractivity contribution < 1.29 is 23.9 Å². The minimum Gasteiger partial charge on any atom is -0.459 e. The molecule has 4 aromatic rings. The normalized spacial score (nSPS) is 11.5. The number of nitrogens with zero attached hydrogens (tertiary/aromatic N) is 1. The van der Waals surface area contributed by atoms with E-state index in [0.29, 0.717) is 11.0 Å². The summed E-state index contributed by atoms with van der Waals surface area (Å²) in [5, 5.41) is 2.46. The molecule has 0 fully saturated rings. The van der Waals surface area contributed by atoms with E-state index < -0.39 is 23.9 Å². The van der Waals surface area contributed by atoms with Gasteiger partial charge in [-0.05, 0) is 23.3 Å². The van der Waals surface area contributed by atoms with E-state index >= 15 is 0 Å². The van der Waals surface area contributed by atoms with Gasteiger partial charge in [0.25, 0.3) is 0 Å². The number of carbonyl (C=O) groups is 3. The van der Waals surface area contributed by atoms with Crippen LogP contribution in [0.15, 0.2) is 84.9 Å². The van der Waals surface area contributed by atoms with Gasteiger partial charge in [-0.15, -0.1) is 0 Å². The lowest BCUT2D eigenvalue weighted by molar-refractivity contribution is -0.147. The summed E-state index contributed by atoms with van der Waals surface area (Å²) in [6.07, 6.45) is -1.17. The zero-order chi connectivity index (χ0) is 23.8. The van der Waals surface area contributed by atoms with Gasteiger partial charge in [0, 0.05) is 6.42 Å². The fraction of sp³-hybridized carbons (Fsp3) is 0.154. The van der Waals surface area contributed by atoms with E-state index in [0.717, 1.165) is 11.1 Å². The maximum absolute atomic E-state index is 12.9. The van der Waals surface area contributed by atoms with Crippen LogP contribution in [0.5, 0.6) is 0 Å². The molecule has 4 rings (SSSR count). The van der Waals surface area contributed by atoms with Crippen molar-refractivity contribution in [3.63, 3.8) is 0 Å². The highest BCUT2D eigenvalue weighted by atomic mass is 16.6. The zero-order valence-corrected chi connectivity index (χ0v) is 18.3. The third kappa shape index (κ3) is 6.07. The van der Waals surface area contributed by atoms with Crippen molar-refractivity contribution in [2.24, 2.45) is 0 Å². The number of rotatable bonds is 9. The molecule has 1 amide bonds. The summed E-state index contributed by atoms with van der Waals surface area (Å²) in [7, 11) is 0. The van der Waals surface area contributed by atoms with Crippen molar-refractivity contribution in [1.29, 1.82) is 0 Å². The molecule has 2 N–H and O–H groups in total. The summed E-state index contributed by atoms with van der Waals surface area (Å²) in [6.45, 7) is 0.0335. The minimum absolute atomic E-state index is 0.00967. The average Bonchev–Trinajstić information content (AvgIpc) is 3.31. The van der Waals surface area contributed by atoms with Crippen molar-refractivity contribution in [2.45, 2.75) is 25.7 Å². The van der Waals surface area contributed by atoms with Crippen molar-refractivity contribution in [3.8, 4) is 0 Å². The number of carbonyl (C=O) groups excluding carboxylic acids is 3. The molecule has 34 heavy (non-hydrogen) atoms. The SMILES string of the molecule is O=C(N[C@@H](CC(=O)c1nc2ccccc2[nH]1)C(=O)OCc1ccccc1)OCc1ccccc1. The molecule has 8 nitrogen and oxygen atoms in total. The van der Waals surface area contributed by atoms with Gasteiger partial charge in [-0.2, -0.15) is 0 Å². The predicted octanol–water partition coefficient (Wildman–Crippen LogP) is 4.17. The van der Waals surface area contributed by atoms with Crippen LogP contribution in [0, 0.1) is 0 Å². The standard InChI is InChI=1S/C26H23N3O5/c30-23(24-27-20-13-7-8-14-21(20)28-24)15-22(25(31)33-16-18-9-3-1-4-10-18)29-26(32)34-17-19-11-5-2-6-12-19/h1-14,22H,15-17H2,(H,27,28)(H,29,32)/t22-/m0/s1. The van der Waals surface area contributed by atoms with Crippen molar-refractivity contribution in [1.82, 2.24) is 15.3 Å². The molecule has 0 spiro atoms. The number of ketones is 1. The highest BCUT2D eigenvalue weighted by molar-refractivity contribution is 5.99. The Kier molecular flexibility index (Phi) is 7.29. The monoisotopic (exact) mass is 457 g/mol. The Balaban J connectivity index is 1.43. The minimum atomic E-state index is -1.24. The molecule has 8 heteroatoms. The summed E-state index contributed by atoms with van der Waals surface area (Å²) in [6, 6.07) is 24.2. The van der Waals surface area contributed by atoms with E-state index in [1.165, 1.54) is 0 Å². The number of aromatic amines is 1. The highest BCUT2D eigenvalue weighted by Gasteiger charge is 2.28. The molecule has 1 heterocycles. The van der Waals surface area contributed by atoms with Crippen molar-refractivity contribution >= 4 is 28.9 Å². The van der Waals surface area contributed by atoms with Crippen LogP contribution in [0.2, 0.25) is 0 Å². The van der Waals surface area contributed by atoms with Crippen molar-refractivity contribution in [2.75, 3.05) is 0 Å². The second kappa shape index (κ2) is 10.9. The lowest BCUT2D eigenvalue weighted by atomic mass is 10.1. The molecule has 0 aliphatic heterocycles. The molecule has 0 aliphatic carbocycles. The maximum Gasteiger partial charge on any atom is 0.408 e. The maximum atomic E-state index is 12.9. The number of aromatic nitrogens is 2. The van der Waals surface area contributed by atoms with Crippen LogP contribution in [0.25, 0.3) is 11.0 Å². The number of ether oxygens (including phenoxy) is 2. The number of hydrogen-bond donors (Lipinski definition) is 2. The Morgan fingerprint density at radius 3 is 2.03 bits per heavy atom.